The Labute approximate surface area is 111 Å². The summed E-state index contributed by atoms with van der Waals surface area (Å²) in [4.78, 5) is 0. The summed E-state index contributed by atoms with van der Waals surface area (Å²) in [6, 6.07) is 9.08. The van der Waals surface area contributed by atoms with Gasteiger partial charge in [-0.2, -0.15) is 5.26 Å². The molecule has 0 saturated carbocycles. The maximum Gasteiger partial charge on any atom is 0.119 e. The standard InChI is InChI=1S/C14H19NO2S/c1-12(2)11-18(16)9-3-8-17-14-6-4-13(10-15)5-7-14/h4-7,12H,3,8-9,11H2,1-2H3. The third-order valence-electron chi connectivity index (χ3n) is 2.29. The predicted molar refractivity (Wildman–Crippen MR) is 74.0 cm³/mol. The van der Waals surface area contributed by atoms with Crippen molar-refractivity contribution in [3.8, 4) is 11.8 Å². The van der Waals surface area contributed by atoms with Crippen molar-refractivity contribution in [1.82, 2.24) is 0 Å². The number of benzene rings is 1. The van der Waals surface area contributed by atoms with Crippen LogP contribution in [0.3, 0.4) is 0 Å². The summed E-state index contributed by atoms with van der Waals surface area (Å²) in [5.74, 6) is 2.68. The topological polar surface area (TPSA) is 50.1 Å². The maximum absolute atomic E-state index is 11.6. The van der Waals surface area contributed by atoms with Gasteiger partial charge in [0.2, 0.25) is 0 Å². The van der Waals surface area contributed by atoms with Gasteiger partial charge < -0.3 is 4.74 Å². The number of nitrogens with zero attached hydrogens (tertiary/aromatic N) is 1. The molecule has 0 aliphatic heterocycles. The molecule has 1 atom stereocenters. The summed E-state index contributed by atoms with van der Waals surface area (Å²) in [7, 11) is -0.736. The molecule has 0 amide bonds. The van der Waals surface area contributed by atoms with Crippen molar-refractivity contribution in [2.75, 3.05) is 18.1 Å². The summed E-state index contributed by atoms with van der Waals surface area (Å²) >= 11 is 0. The van der Waals surface area contributed by atoms with Crippen LogP contribution in [0, 0.1) is 17.2 Å². The van der Waals surface area contributed by atoms with E-state index >= 15 is 0 Å². The van der Waals surface area contributed by atoms with Crippen LogP contribution in [-0.2, 0) is 10.8 Å². The minimum absolute atomic E-state index is 0.477. The SMILES string of the molecule is CC(C)CS(=O)CCCOc1ccc(C#N)cc1. The van der Waals surface area contributed by atoms with Crippen LogP contribution in [0.4, 0.5) is 0 Å². The third kappa shape index (κ3) is 5.83. The lowest BCUT2D eigenvalue weighted by Gasteiger charge is -2.07. The second kappa shape index (κ2) is 7.88. The fourth-order valence-corrected chi connectivity index (χ4v) is 2.84. The zero-order valence-electron chi connectivity index (χ0n) is 10.9. The average molecular weight is 265 g/mol. The molecule has 18 heavy (non-hydrogen) atoms. The highest BCUT2D eigenvalue weighted by Crippen LogP contribution is 2.11. The monoisotopic (exact) mass is 265 g/mol. The van der Waals surface area contributed by atoms with E-state index in [0.29, 0.717) is 23.8 Å². The lowest BCUT2D eigenvalue weighted by molar-refractivity contribution is 0.318. The van der Waals surface area contributed by atoms with E-state index in [-0.39, 0.29) is 0 Å². The normalized spacial score (nSPS) is 12.1. The van der Waals surface area contributed by atoms with E-state index < -0.39 is 10.8 Å². The van der Waals surface area contributed by atoms with E-state index in [1.807, 2.05) is 0 Å². The fourth-order valence-electron chi connectivity index (χ4n) is 1.49. The Morgan fingerprint density at radius 1 is 1.33 bits per heavy atom. The van der Waals surface area contributed by atoms with Gasteiger partial charge in [0.25, 0.3) is 0 Å². The smallest absolute Gasteiger partial charge is 0.119 e. The summed E-state index contributed by atoms with van der Waals surface area (Å²) in [6.07, 6.45) is 0.791. The summed E-state index contributed by atoms with van der Waals surface area (Å²) < 4.78 is 17.1. The van der Waals surface area contributed by atoms with E-state index in [9.17, 15) is 4.21 Å². The van der Waals surface area contributed by atoms with Crippen molar-refractivity contribution in [3.05, 3.63) is 29.8 Å². The van der Waals surface area contributed by atoms with Crippen LogP contribution in [0.5, 0.6) is 5.75 Å². The molecule has 1 rings (SSSR count). The Bertz CT molecular complexity index is 420. The van der Waals surface area contributed by atoms with Crippen molar-refractivity contribution in [2.24, 2.45) is 5.92 Å². The number of rotatable bonds is 7. The molecule has 1 unspecified atom stereocenters. The second-order valence-corrected chi connectivity index (χ2v) is 6.16. The lowest BCUT2D eigenvalue weighted by atomic mass is 10.2. The highest BCUT2D eigenvalue weighted by Gasteiger charge is 2.03. The van der Waals surface area contributed by atoms with Gasteiger partial charge in [-0.25, -0.2) is 0 Å². The van der Waals surface area contributed by atoms with Crippen molar-refractivity contribution >= 4 is 10.8 Å². The van der Waals surface area contributed by atoms with Crippen molar-refractivity contribution < 1.29 is 8.95 Å². The van der Waals surface area contributed by atoms with Gasteiger partial charge >= 0.3 is 0 Å². The Morgan fingerprint density at radius 3 is 2.56 bits per heavy atom. The first-order valence-corrected chi connectivity index (χ1v) is 7.58. The number of nitriles is 1. The number of hydrogen-bond donors (Lipinski definition) is 0. The first-order chi connectivity index (χ1) is 8.61. The molecule has 98 valence electrons. The van der Waals surface area contributed by atoms with Gasteiger partial charge in [0.15, 0.2) is 0 Å². The van der Waals surface area contributed by atoms with Gasteiger partial charge in [-0.3, -0.25) is 4.21 Å². The van der Waals surface area contributed by atoms with Crippen LogP contribution in [0.2, 0.25) is 0 Å². The molecule has 0 heterocycles. The molecule has 0 saturated heterocycles. The van der Waals surface area contributed by atoms with E-state index in [0.717, 1.165) is 17.9 Å². The van der Waals surface area contributed by atoms with Crippen LogP contribution in [0.25, 0.3) is 0 Å². The molecule has 1 aromatic rings. The minimum atomic E-state index is -0.736. The first-order valence-electron chi connectivity index (χ1n) is 6.09. The Balaban J connectivity index is 2.21. The largest absolute Gasteiger partial charge is 0.494 e. The highest BCUT2D eigenvalue weighted by atomic mass is 32.2. The molecular formula is C14H19NO2S. The van der Waals surface area contributed by atoms with Gasteiger partial charge in [0.05, 0.1) is 18.2 Å². The van der Waals surface area contributed by atoms with Gasteiger partial charge in [0.1, 0.15) is 5.75 Å². The van der Waals surface area contributed by atoms with Gasteiger partial charge in [-0.15, -0.1) is 0 Å². The van der Waals surface area contributed by atoms with Crippen molar-refractivity contribution in [1.29, 1.82) is 5.26 Å². The fraction of sp³-hybridized carbons (Fsp3) is 0.500. The molecule has 3 nitrogen and oxygen atoms in total. The van der Waals surface area contributed by atoms with Crippen LogP contribution in [0.1, 0.15) is 25.8 Å². The predicted octanol–water partition coefficient (Wildman–Crippen LogP) is 2.73. The summed E-state index contributed by atoms with van der Waals surface area (Å²) in [5.41, 5.74) is 0.625. The van der Waals surface area contributed by atoms with Crippen molar-refractivity contribution in [2.45, 2.75) is 20.3 Å². The van der Waals surface area contributed by atoms with Crippen molar-refractivity contribution in [3.63, 3.8) is 0 Å². The molecule has 4 heteroatoms. The van der Waals surface area contributed by atoms with Gasteiger partial charge in [-0.05, 0) is 36.6 Å². The van der Waals surface area contributed by atoms with E-state index in [1.165, 1.54) is 0 Å². The molecule has 0 radical (unpaired) electrons. The molecule has 1 aromatic carbocycles. The van der Waals surface area contributed by atoms with Crippen LogP contribution in [-0.4, -0.2) is 22.3 Å². The Morgan fingerprint density at radius 2 is 2.00 bits per heavy atom. The van der Waals surface area contributed by atoms with Crippen LogP contribution < -0.4 is 4.74 Å². The number of hydrogen-bond acceptors (Lipinski definition) is 3. The Kier molecular flexibility index (Phi) is 6.45. The molecule has 0 bridgehead atoms. The average Bonchev–Trinajstić information content (AvgIpc) is 2.34. The lowest BCUT2D eigenvalue weighted by Crippen LogP contribution is -2.10. The summed E-state index contributed by atoms with van der Waals surface area (Å²) in [5, 5.41) is 8.65. The van der Waals surface area contributed by atoms with E-state index in [4.69, 9.17) is 10.00 Å². The molecule has 0 aliphatic rings. The zero-order valence-corrected chi connectivity index (χ0v) is 11.7. The van der Waals surface area contributed by atoms with Crippen LogP contribution >= 0.6 is 0 Å². The minimum Gasteiger partial charge on any atom is -0.494 e. The van der Waals surface area contributed by atoms with Gasteiger partial charge in [-0.1, -0.05) is 13.8 Å². The summed E-state index contributed by atoms with van der Waals surface area (Å²) in [6.45, 7) is 4.71. The van der Waals surface area contributed by atoms with E-state index in [1.54, 1.807) is 24.3 Å². The third-order valence-corrected chi connectivity index (χ3v) is 4.07. The maximum atomic E-state index is 11.6. The molecule has 0 aliphatic carbocycles. The molecular weight excluding hydrogens is 246 g/mol. The number of ether oxygens (including phenoxy) is 1. The zero-order chi connectivity index (χ0) is 13.4. The van der Waals surface area contributed by atoms with E-state index in [2.05, 4.69) is 19.9 Å². The highest BCUT2D eigenvalue weighted by molar-refractivity contribution is 7.84. The first kappa shape index (κ1) is 14.7. The molecule has 0 aromatic heterocycles. The van der Waals surface area contributed by atoms with Gasteiger partial charge in [0, 0.05) is 22.3 Å². The molecule has 0 spiro atoms. The molecule has 0 N–H and O–H groups in total. The molecule has 0 fully saturated rings. The Hall–Kier alpha value is -1.34. The quantitative estimate of drug-likeness (QED) is 0.712. The second-order valence-electron chi connectivity index (χ2n) is 4.54. The van der Waals surface area contributed by atoms with Crippen LogP contribution in [0.15, 0.2) is 24.3 Å².